The van der Waals surface area contributed by atoms with Crippen molar-refractivity contribution in [1.29, 1.82) is 0 Å². The Morgan fingerprint density at radius 1 is 0.973 bits per heavy atom. The van der Waals surface area contributed by atoms with E-state index in [9.17, 15) is 18.3 Å². The minimum atomic E-state index is -3.53. The quantitative estimate of drug-likeness (QED) is 0.252. The van der Waals surface area contributed by atoms with Crippen molar-refractivity contribution in [2.45, 2.75) is 25.3 Å². The van der Waals surface area contributed by atoms with Crippen LogP contribution >= 0.6 is 23.2 Å². The van der Waals surface area contributed by atoms with Crippen LogP contribution in [-0.4, -0.2) is 29.0 Å². The molecule has 6 rings (SSSR count). The number of aromatic amines is 1. The van der Waals surface area contributed by atoms with E-state index in [1.54, 1.807) is 54.0 Å². The Morgan fingerprint density at radius 2 is 1.68 bits per heavy atom. The maximum Gasteiger partial charge on any atom is 0.323 e. The van der Waals surface area contributed by atoms with E-state index in [1.165, 1.54) is 16.5 Å². The molecule has 0 saturated carbocycles. The van der Waals surface area contributed by atoms with E-state index < -0.39 is 15.8 Å². The Balaban J connectivity index is 0.000000212. The molecule has 3 aromatic carbocycles. The van der Waals surface area contributed by atoms with Gasteiger partial charge in [-0.1, -0.05) is 41.4 Å². The van der Waals surface area contributed by atoms with Crippen molar-refractivity contribution in [2.75, 3.05) is 0 Å². The van der Waals surface area contributed by atoms with Gasteiger partial charge in [0.25, 0.3) is 0 Å². The number of hydrogen-bond donors (Lipinski definition) is 2. The third-order valence-electron chi connectivity index (χ3n) is 6.32. The zero-order valence-electron chi connectivity index (χ0n) is 19.9. The first-order valence-corrected chi connectivity index (χ1v) is 13.7. The average molecular weight is 553 g/mol. The van der Waals surface area contributed by atoms with E-state index in [4.69, 9.17) is 23.2 Å². The summed E-state index contributed by atoms with van der Waals surface area (Å²) < 4.78 is 26.7. The molecule has 3 heterocycles. The van der Waals surface area contributed by atoms with Crippen molar-refractivity contribution in [3.63, 3.8) is 0 Å². The molecular weight excluding hydrogens is 531 g/mol. The van der Waals surface area contributed by atoms with E-state index in [1.807, 2.05) is 25.1 Å². The van der Waals surface area contributed by atoms with Gasteiger partial charge in [-0.2, -0.15) is 0 Å². The maximum absolute atomic E-state index is 12.5. The van der Waals surface area contributed by atoms with Gasteiger partial charge in [0, 0.05) is 65.3 Å². The van der Waals surface area contributed by atoms with Crippen LogP contribution in [0.5, 0.6) is 0 Å². The molecular formula is C28H22Cl2N2O4S. The molecule has 0 fully saturated rings. The predicted molar refractivity (Wildman–Crippen MR) is 148 cm³/mol. The number of aryl methyl sites for hydroxylation is 1. The second-order valence-electron chi connectivity index (χ2n) is 8.86. The molecule has 0 unspecified atom stereocenters. The van der Waals surface area contributed by atoms with E-state index in [-0.39, 0.29) is 11.4 Å². The fourth-order valence-electron chi connectivity index (χ4n) is 4.79. The number of nitrogens with one attached hydrogen (secondary N) is 1. The molecule has 0 bridgehead atoms. The Kier molecular flexibility index (Phi) is 6.40. The third-order valence-corrected chi connectivity index (χ3v) is 8.31. The molecule has 0 aliphatic carbocycles. The number of H-pyrrole nitrogens is 1. The van der Waals surface area contributed by atoms with Crippen molar-refractivity contribution in [3.8, 4) is 0 Å². The third kappa shape index (κ3) is 4.66. The molecule has 5 aromatic rings. The van der Waals surface area contributed by atoms with Crippen LogP contribution in [0.25, 0.3) is 27.4 Å². The van der Waals surface area contributed by atoms with Gasteiger partial charge in [-0.25, -0.2) is 8.42 Å². The number of rotatable bonds is 3. The number of sulfone groups is 1. The van der Waals surface area contributed by atoms with Crippen LogP contribution < -0.4 is 0 Å². The summed E-state index contributed by atoms with van der Waals surface area (Å²) in [7, 11) is -3.53. The average Bonchev–Trinajstić information content (AvgIpc) is 3.42. The SMILES string of the molecule is Cc1c(C2=CS(=O)(=O)c3ccccc32)c2cc(Cl)ccc2n1CC(=O)O.Cc1cc2cc(Cl)ccc2[nH]1. The smallest absolute Gasteiger partial charge is 0.323 e. The first-order chi connectivity index (χ1) is 17.5. The summed E-state index contributed by atoms with van der Waals surface area (Å²) in [5, 5.41) is 13.7. The number of nitrogens with zero attached hydrogens (tertiary/aromatic N) is 1. The Bertz CT molecular complexity index is 1850. The van der Waals surface area contributed by atoms with Crippen molar-refractivity contribution in [3.05, 3.63) is 105 Å². The van der Waals surface area contributed by atoms with Crippen LogP contribution in [0.4, 0.5) is 0 Å². The van der Waals surface area contributed by atoms with Crippen LogP contribution in [-0.2, 0) is 21.2 Å². The number of fused-ring (bicyclic) bond motifs is 3. The highest BCUT2D eigenvalue weighted by atomic mass is 35.5. The van der Waals surface area contributed by atoms with E-state index in [0.29, 0.717) is 32.9 Å². The highest BCUT2D eigenvalue weighted by Gasteiger charge is 2.30. The van der Waals surface area contributed by atoms with Crippen molar-refractivity contribution in [1.82, 2.24) is 9.55 Å². The largest absolute Gasteiger partial charge is 0.480 e. The lowest BCUT2D eigenvalue weighted by Crippen LogP contribution is -2.10. The lowest BCUT2D eigenvalue weighted by Gasteiger charge is -2.07. The molecule has 9 heteroatoms. The molecule has 2 aromatic heterocycles. The number of halogens is 2. The summed E-state index contributed by atoms with van der Waals surface area (Å²) in [5.74, 6) is -0.972. The van der Waals surface area contributed by atoms with Gasteiger partial charge in [-0.15, -0.1) is 0 Å². The van der Waals surface area contributed by atoms with Gasteiger partial charge in [-0.3, -0.25) is 4.79 Å². The van der Waals surface area contributed by atoms with Crippen molar-refractivity contribution < 1.29 is 18.3 Å². The van der Waals surface area contributed by atoms with Crippen LogP contribution in [0.1, 0.15) is 22.5 Å². The van der Waals surface area contributed by atoms with Crippen LogP contribution in [0.15, 0.2) is 77.0 Å². The molecule has 0 radical (unpaired) electrons. The van der Waals surface area contributed by atoms with Gasteiger partial charge in [0.15, 0.2) is 0 Å². The van der Waals surface area contributed by atoms with E-state index in [0.717, 1.165) is 15.9 Å². The van der Waals surface area contributed by atoms with Gasteiger partial charge >= 0.3 is 5.97 Å². The second-order valence-corrected chi connectivity index (χ2v) is 11.5. The summed E-state index contributed by atoms with van der Waals surface area (Å²) in [4.78, 5) is 14.8. The summed E-state index contributed by atoms with van der Waals surface area (Å²) in [6, 6.07) is 19.9. The number of carboxylic acids is 1. The van der Waals surface area contributed by atoms with Crippen LogP contribution in [0, 0.1) is 13.8 Å². The Morgan fingerprint density at radius 3 is 2.43 bits per heavy atom. The van der Waals surface area contributed by atoms with E-state index in [2.05, 4.69) is 11.1 Å². The highest BCUT2D eigenvalue weighted by Crippen LogP contribution is 2.42. The zero-order valence-corrected chi connectivity index (χ0v) is 22.2. The highest BCUT2D eigenvalue weighted by molar-refractivity contribution is 7.95. The number of hydrogen-bond acceptors (Lipinski definition) is 3. The fraction of sp³-hybridized carbons (Fsp3) is 0.107. The second kappa shape index (κ2) is 9.41. The number of carbonyl (C=O) groups is 1. The van der Waals surface area contributed by atoms with Gasteiger partial charge in [0.1, 0.15) is 6.54 Å². The first kappa shape index (κ1) is 25.1. The molecule has 1 aliphatic heterocycles. The number of aromatic nitrogens is 2. The lowest BCUT2D eigenvalue weighted by atomic mass is 9.97. The normalized spacial score (nSPS) is 13.8. The summed E-state index contributed by atoms with van der Waals surface area (Å²) in [6.45, 7) is 3.61. The fourth-order valence-corrected chi connectivity index (χ4v) is 6.58. The summed E-state index contributed by atoms with van der Waals surface area (Å²) in [6.07, 6.45) is 0. The zero-order chi connectivity index (χ0) is 26.5. The molecule has 6 nitrogen and oxygen atoms in total. The van der Waals surface area contributed by atoms with Crippen molar-refractivity contribution in [2.24, 2.45) is 0 Å². The summed E-state index contributed by atoms with van der Waals surface area (Å²) in [5.41, 5.74) is 5.57. The number of carboxylic acid groups (broad SMARTS) is 1. The predicted octanol–water partition coefficient (Wildman–Crippen LogP) is 6.99. The molecule has 188 valence electrons. The van der Waals surface area contributed by atoms with Crippen molar-refractivity contribution >= 4 is 66.4 Å². The molecule has 2 N–H and O–H groups in total. The first-order valence-electron chi connectivity index (χ1n) is 11.4. The van der Waals surface area contributed by atoms with Gasteiger partial charge in [0.05, 0.1) is 4.90 Å². The Hall–Kier alpha value is -3.52. The molecule has 1 aliphatic rings. The monoisotopic (exact) mass is 552 g/mol. The summed E-state index contributed by atoms with van der Waals surface area (Å²) >= 11 is 12.0. The standard InChI is InChI=1S/C19H14ClNO4S.C9H8ClN/c1-11-19(15-10-26(24,25)17-5-3-2-4-13(15)17)14-8-12(20)6-7-16(14)21(11)9-18(22)23;1-6-4-7-5-8(10)2-3-9(7)11-6/h2-8,10H,9H2,1H3,(H,22,23);2-5,11H,1H3. The van der Waals surface area contributed by atoms with Gasteiger partial charge < -0.3 is 14.7 Å². The molecule has 0 amide bonds. The van der Waals surface area contributed by atoms with Crippen LogP contribution in [0.3, 0.4) is 0 Å². The molecule has 0 atom stereocenters. The minimum Gasteiger partial charge on any atom is -0.480 e. The molecule has 37 heavy (non-hydrogen) atoms. The van der Waals surface area contributed by atoms with Gasteiger partial charge in [0.2, 0.25) is 9.84 Å². The van der Waals surface area contributed by atoms with E-state index >= 15 is 0 Å². The minimum absolute atomic E-state index is 0.217. The molecule has 0 spiro atoms. The number of aliphatic carboxylic acids is 1. The maximum atomic E-state index is 12.5. The lowest BCUT2D eigenvalue weighted by molar-refractivity contribution is -0.137. The topological polar surface area (TPSA) is 92.2 Å². The van der Waals surface area contributed by atoms with Crippen LogP contribution in [0.2, 0.25) is 10.0 Å². The Labute approximate surface area is 223 Å². The molecule has 0 saturated heterocycles. The number of benzene rings is 3. The van der Waals surface area contributed by atoms with Gasteiger partial charge in [-0.05, 0) is 62.4 Å².